The number of hydrogen-bond donors (Lipinski definition) is 2. The number of imidazole rings is 1. The van der Waals surface area contributed by atoms with Gasteiger partial charge in [-0.15, -0.1) is 11.3 Å². The van der Waals surface area contributed by atoms with Crippen molar-refractivity contribution in [3.63, 3.8) is 0 Å². The third-order valence-corrected chi connectivity index (χ3v) is 7.63. The van der Waals surface area contributed by atoms with Gasteiger partial charge in [0.2, 0.25) is 5.95 Å². The maximum absolute atomic E-state index is 13.6. The van der Waals surface area contributed by atoms with Gasteiger partial charge in [0.05, 0.1) is 22.3 Å². The van der Waals surface area contributed by atoms with Crippen LogP contribution >= 0.6 is 11.3 Å². The highest BCUT2D eigenvalue weighted by Crippen LogP contribution is 2.39. The first kappa shape index (κ1) is 29.0. The smallest absolute Gasteiger partial charge is 0.416 e. The molecular weight excluding hydrogens is 567 g/mol. The molecule has 5 aromatic rings. The number of nitrogens with two attached hydrogens (primary N) is 1. The number of halogens is 3. The zero-order valence-corrected chi connectivity index (χ0v) is 23.8. The van der Waals surface area contributed by atoms with Gasteiger partial charge in [-0.1, -0.05) is 24.3 Å². The zero-order valence-electron chi connectivity index (χ0n) is 23.0. The molecule has 42 heavy (non-hydrogen) atoms. The molecule has 3 N–H and O–H groups in total. The Bertz CT molecular complexity index is 1730. The highest BCUT2D eigenvalue weighted by atomic mass is 32.1. The summed E-state index contributed by atoms with van der Waals surface area (Å²) in [6.45, 7) is 3.04. The molecule has 218 valence electrons. The van der Waals surface area contributed by atoms with Gasteiger partial charge < -0.3 is 20.7 Å². The largest absolute Gasteiger partial charge is 0.484 e. The maximum atomic E-state index is 13.6. The van der Waals surface area contributed by atoms with Crippen LogP contribution < -0.4 is 15.8 Å². The summed E-state index contributed by atoms with van der Waals surface area (Å²) in [4.78, 5) is 27.8. The lowest BCUT2D eigenvalue weighted by atomic mass is 10.0. The van der Waals surface area contributed by atoms with Crippen LogP contribution in [0.1, 0.15) is 33.8 Å². The fourth-order valence-corrected chi connectivity index (χ4v) is 5.37. The van der Waals surface area contributed by atoms with E-state index in [1.54, 1.807) is 23.2 Å². The van der Waals surface area contributed by atoms with E-state index < -0.39 is 23.8 Å². The van der Waals surface area contributed by atoms with Crippen LogP contribution in [0.15, 0.2) is 67.1 Å². The highest BCUT2D eigenvalue weighted by Gasteiger charge is 2.35. The fraction of sp³-hybridized carbons (Fsp3) is 0.241. The van der Waals surface area contributed by atoms with Crippen molar-refractivity contribution in [3.05, 3.63) is 83.1 Å². The number of nitrogens with one attached hydrogen (secondary N) is 1. The first-order valence-electron chi connectivity index (χ1n) is 13.0. The van der Waals surface area contributed by atoms with Crippen molar-refractivity contribution >= 4 is 34.2 Å². The molecule has 0 spiro atoms. The lowest BCUT2D eigenvalue weighted by molar-refractivity contribution is -0.139. The minimum absolute atomic E-state index is 0.0467. The summed E-state index contributed by atoms with van der Waals surface area (Å²) in [6.07, 6.45) is -2.26. The Kier molecular flexibility index (Phi) is 8.14. The van der Waals surface area contributed by atoms with Gasteiger partial charge >= 0.3 is 6.18 Å². The Morgan fingerprint density at radius 2 is 1.93 bits per heavy atom. The van der Waals surface area contributed by atoms with Crippen LogP contribution in [0.4, 0.5) is 19.1 Å². The van der Waals surface area contributed by atoms with Gasteiger partial charge in [0.1, 0.15) is 28.1 Å². The van der Waals surface area contributed by atoms with Crippen molar-refractivity contribution in [1.29, 1.82) is 0 Å². The molecule has 1 amide bonds. The van der Waals surface area contributed by atoms with Crippen molar-refractivity contribution in [1.82, 2.24) is 24.4 Å². The summed E-state index contributed by atoms with van der Waals surface area (Å²) in [5.41, 5.74) is 7.76. The first-order valence-corrected chi connectivity index (χ1v) is 13.8. The Morgan fingerprint density at radius 3 is 2.67 bits per heavy atom. The number of benzene rings is 2. The molecule has 0 saturated heterocycles. The predicted molar refractivity (Wildman–Crippen MR) is 156 cm³/mol. The molecule has 0 aliphatic carbocycles. The van der Waals surface area contributed by atoms with Crippen molar-refractivity contribution in [3.8, 4) is 22.0 Å². The third kappa shape index (κ3) is 6.21. The molecule has 0 saturated carbocycles. The van der Waals surface area contributed by atoms with Gasteiger partial charge in [0.25, 0.3) is 5.91 Å². The molecule has 0 aliphatic heterocycles. The second-order valence-corrected chi connectivity index (χ2v) is 10.8. The highest BCUT2D eigenvalue weighted by molar-refractivity contribution is 7.16. The standard InChI is InChI=1S/C29H28F3N7O2S/c1-17(19-6-4-5-7-20(19)29(30,31)32)41-24-15-25(42-26(24)27(33)40)39-16-36-22-14-18(8-9-23(22)39)21-10-11-34-28(37-21)35-12-13-38(2)3/h4-11,14-17H,12-13H2,1-3H3,(H2,33,40)(H,34,35,37)/t17-/m1/s1. The van der Waals surface area contributed by atoms with Gasteiger partial charge in [-0.25, -0.2) is 15.0 Å². The van der Waals surface area contributed by atoms with E-state index >= 15 is 0 Å². The fourth-order valence-electron chi connectivity index (χ4n) is 4.45. The number of primary amides is 1. The van der Waals surface area contributed by atoms with Gasteiger partial charge in [0, 0.05) is 36.5 Å². The third-order valence-electron chi connectivity index (χ3n) is 6.49. The van der Waals surface area contributed by atoms with E-state index in [0.717, 1.165) is 40.7 Å². The second-order valence-electron chi connectivity index (χ2n) is 9.80. The SMILES string of the molecule is C[C@@H](Oc1cc(-n2cnc3cc(-c4ccnc(NCCN(C)C)n4)ccc32)sc1C(N)=O)c1ccccc1C(F)(F)F. The van der Waals surface area contributed by atoms with E-state index in [4.69, 9.17) is 10.5 Å². The average Bonchev–Trinajstić information content (AvgIpc) is 3.56. The van der Waals surface area contributed by atoms with Gasteiger partial charge in [0.15, 0.2) is 0 Å². The Morgan fingerprint density at radius 1 is 1.14 bits per heavy atom. The molecule has 3 heterocycles. The summed E-state index contributed by atoms with van der Waals surface area (Å²) in [6, 6.07) is 14.3. The number of rotatable bonds is 10. The molecule has 13 heteroatoms. The lowest BCUT2D eigenvalue weighted by Gasteiger charge is -2.19. The van der Waals surface area contributed by atoms with Crippen LogP contribution in [0.2, 0.25) is 0 Å². The number of fused-ring (bicyclic) bond motifs is 1. The quantitative estimate of drug-likeness (QED) is 0.211. The topological polar surface area (TPSA) is 111 Å². The van der Waals surface area contributed by atoms with Crippen LogP contribution in [0.25, 0.3) is 27.3 Å². The molecule has 5 rings (SSSR count). The summed E-state index contributed by atoms with van der Waals surface area (Å²) in [7, 11) is 3.98. The van der Waals surface area contributed by atoms with Crippen LogP contribution in [-0.2, 0) is 6.18 Å². The van der Waals surface area contributed by atoms with Crippen LogP contribution in [0.5, 0.6) is 5.75 Å². The second kappa shape index (κ2) is 11.8. The van der Waals surface area contributed by atoms with Gasteiger partial charge in [-0.2, -0.15) is 13.2 Å². The zero-order chi connectivity index (χ0) is 30.0. The number of nitrogens with zero attached hydrogens (tertiary/aromatic N) is 5. The molecule has 0 bridgehead atoms. The summed E-state index contributed by atoms with van der Waals surface area (Å²) >= 11 is 1.07. The monoisotopic (exact) mass is 595 g/mol. The van der Waals surface area contributed by atoms with E-state index in [1.165, 1.54) is 25.1 Å². The predicted octanol–water partition coefficient (Wildman–Crippen LogP) is 5.78. The average molecular weight is 596 g/mol. The first-order chi connectivity index (χ1) is 20.0. The molecule has 9 nitrogen and oxygen atoms in total. The van der Waals surface area contributed by atoms with E-state index in [-0.39, 0.29) is 16.2 Å². The van der Waals surface area contributed by atoms with Crippen molar-refractivity contribution in [2.75, 3.05) is 32.5 Å². The van der Waals surface area contributed by atoms with Crippen LogP contribution in [0.3, 0.4) is 0 Å². The Labute approximate surface area is 243 Å². The number of carbonyl (C=O) groups excluding carboxylic acids is 1. The number of carbonyl (C=O) groups is 1. The molecule has 0 unspecified atom stereocenters. The number of hydrogen-bond acceptors (Lipinski definition) is 8. The number of ether oxygens (including phenoxy) is 1. The summed E-state index contributed by atoms with van der Waals surface area (Å²) in [5.74, 6) is -0.124. The minimum Gasteiger partial charge on any atom is -0.484 e. The summed E-state index contributed by atoms with van der Waals surface area (Å²) in [5, 5.41) is 3.78. The summed E-state index contributed by atoms with van der Waals surface area (Å²) < 4.78 is 48.4. The number of alkyl halides is 3. The van der Waals surface area contributed by atoms with Crippen LogP contribution in [-0.4, -0.2) is 57.5 Å². The number of likely N-dealkylation sites (N-methyl/N-ethyl adjacent to an activating group) is 1. The van der Waals surface area contributed by atoms with Crippen LogP contribution in [0, 0.1) is 0 Å². The Hall–Kier alpha value is -4.49. The normalized spacial score (nSPS) is 12.5. The number of aromatic nitrogens is 4. The van der Waals surface area contributed by atoms with Gasteiger partial charge in [-0.05, 0) is 45.3 Å². The molecule has 2 aromatic carbocycles. The molecular formula is C29H28F3N7O2S. The molecule has 3 aromatic heterocycles. The molecule has 1 atom stereocenters. The van der Waals surface area contributed by atoms with Gasteiger partial charge in [-0.3, -0.25) is 9.36 Å². The van der Waals surface area contributed by atoms with E-state index in [9.17, 15) is 18.0 Å². The lowest BCUT2D eigenvalue weighted by Crippen LogP contribution is -2.21. The van der Waals surface area contributed by atoms with Crippen molar-refractivity contribution in [2.45, 2.75) is 19.2 Å². The maximum Gasteiger partial charge on any atom is 0.416 e. The molecule has 0 aliphatic rings. The minimum atomic E-state index is -4.55. The van der Waals surface area contributed by atoms with Crippen molar-refractivity contribution in [2.24, 2.45) is 5.73 Å². The molecule has 0 radical (unpaired) electrons. The molecule has 0 fully saturated rings. The van der Waals surface area contributed by atoms with E-state index in [1.807, 2.05) is 38.4 Å². The van der Waals surface area contributed by atoms with E-state index in [0.29, 0.717) is 23.0 Å². The number of thiophene rings is 1. The Balaban J connectivity index is 1.42. The van der Waals surface area contributed by atoms with Crippen molar-refractivity contribution < 1.29 is 22.7 Å². The number of amides is 1. The van der Waals surface area contributed by atoms with E-state index in [2.05, 4.69) is 25.2 Å². The number of anilines is 1.